The van der Waals surface area contributed by atoms with Crippen LogP contribution < -0.4 is 5.32 Å². The van der Waals surface area contributed by atoms with Crippen molar-refractivity contribution in [1.29, 1.82) is 0 Å². The molecule has 0 aliphatic heterocycles. The predicted molar refractivity (Wildman–Crippen MR) is 98.0 cm³/mol. The molecular formula is C17H16ClN3O2S. The van der Waals surface area contributed by atoms with Gasteiger partial charge in [0.15, 0.2) is 0 Å². The number of aliphatic carboxylic acids is 1. The van der Waals surface area contributed by atoms with Crippen LogP contribution in [0.15, 0.2) is 30.6 Å². The third-order valence-corrected chi connectivity index (χ3v) is 4.92. The van der Waals surface area contributed by atoms with Crippen molar-refractivity contribution in [2.24, 2.45) is 0 Å². The van der Waals surface area contributed by atoms with Gasteiger partial charge in [-0.1, -0.05) is 23.7 Å². The van der Waals surface area contributed by atoms with Crippen molar-refractivity contribution in [3.05, 3.63) is 40.5 Å². The Morgan fingerprint density at radius 3 is 2.75 bits per heavy atom. The van der Waals surface area contributed by atoms with Crippen LogP contribution in [0.1, 0.15) is 17.7 Å². The van der Waals surface area contributed by atoms with Crippen molar-refractivity contribution in [3.8, 4) is 11.1 Å². The monoisotopic (exact) mass is 361 g/mol. The largest absolute Gasteiger partial charge is 0.481 e. The molecule has 3 rings (SSSR count). The fraction of sp³-hybridized carbons (Fsp3) is 0.235. The van der Waals surface area contributed by atoms with Gasteiger partial charge in [-0.05, 0) is 31.0 Å². The van der Waals surface area contributed by atoms with Crippen LogP contribution in [0.2, 0.25) is 5.02 Å². The molecule has 2 aromatic heterocycles. The molecule has 3 aromatic rings. The highest BCUT2D eigenvalue weighted by atomic mass is 35.5. The molecular weight excluding hydrogens is 346 g/mol. The first-order valence-corrected chi connectivity index (χ1v) is 8.71. The molecule has 5 nitrogen and oxygen atoms in total. The number of hydrogen-bond acceptors (Lipinski definition) is 5. The molecule has 0 aliphatic carbocycles. The van der Waals surface area contributed by atoms with Crippen LogP contribution in [0, 0.1) is 6.92 Å². The summed E-state index contributed by atoms with van der Waals surface area (Å²) in [5.74, 6) is -0.0578. The third-order valence-electron chi connectivity index (χ3n) is 3.66. The fourth-order valence-corrected chi connectivity index (χ4v) is 3.73. The zero-order valence-electron chi connectivity index (χ0n) is 13.0. The van der Waals surface area contributed by atoms with Gasteiger partial charge >= 0.3 is 5.97 Å². The minimum Gasteiger partial charge on any atom is -0.481 e. The highest BCUT2D eigenvalue weighted by Crippen LogP contribution is 2.40. The number of aryl methyl sites for hydroxylation is 1. The van der Waals surface area contributed by atoms with E-state index in [1.807, 2.05) is 24.3 Å². The van der Waals surface area contributed by atoms with Crippen molar-refractivity contribution in [2.45, 2.75) is 19.8 Å². The molecule has 0 unspecified atom stereocenters. The number of hydrogen-bond donors (Lipinski definition) is 2. The van der Waals surface area contributed by atoms with Gasteiger partial charge in [0.2, 0.25) is 0 Å². The normalized spacial score (nSPS) is 10.9. The molecule has 24 heavy (non-hydrogen) atoms. The van der Waals surface area contributed by atoms with Gasteiger partial charge in [-0.2, -0.15) is 0 Å². The van der Waals surface area contributed by atoms with Gasteiger partial charge in [0.1, 0.15) is 17.0 Å². The minimum absolute atomic E-state index is 0.133. The Labute approximate surface area is 148 Å². The van der Waals surface area contributed by atoms with Crippen molar-refractivity contribution >= 4 is 44.9 Å². The van der Waals surface area contributed by atoms with E-state index in [-0.39, 0.29) is 6.42 Å². The summed E-state index contributed by atoms with van der Waals surface area (Å²) in [7, 11) is 0. The number of carboxylic acids is 1. The van der Waals surface area contributed by atoms with Gasteiger partial charge in [0, 0.05) is 28.4 Å². The molecule has 0 amide bonds. The summed E-state index contributed by atoms with van der Waals surface area (Å²) in [5, 5.41) is 13.6. The molecule has 0 atom stereocenters. The quantitative estimate of drug-likeness (QED) is 0.628. The van der Waals surface area contributed by atoms with Crippen molar-refractivity contribution in [1.82, 2.24) is 9.97 Å². The van der Waals surface area contributed by atoms with Crippen molar-refractivity contribution in [2.75, 3.05) is 11.9 Å². The molecule has 1 aromatic carbocycles. The lowest BCUT2D eigenvalue weighted by atomic mass is 10.0. The highest BCUT2D eigenvalue weighted by Gasteiger charge is 2.16. The van der Waals surface area contributed by atoms with Gasteiger partial charge in [-0.15, -0.1) is 11.3 Å². The lowest BCUT2D eigenvalue weighted by Gasteiger charge is -2.08. The Hall–Kier alpha value is -2.18. The predicted octanol–water partition coefficient (Wildman–Crippen LogP) is 4.60. The Morgan fingerprint density at radius 1 is 1.29 bits per heavy atom. The molecule has 0 fully saturated rings. The average Bonchev–Trinajstić information content (AvgIpc) is 2.89. The highest BCUT2D eigenvalue weighted by molar-refractivity contribution is 7.19. The van der Waals surface area contributed by atoms with Crippen LogP contribution in [-0.2, 0) is 4.79 Å². The number of halogens is 1. The SMILES string of the molecule is Cc1sc2ncnc(NCCCC(=O)O)c2c1-c1ccc(Cl)cc1. The summed E-state index contributed by atoms with van der Waals surface area (Å²) < 4.78 is 0. The number of nitrogens with one attached hydrogen (secondary N) is 1. The molecule has 0 aliphatic rings. The number of fused-ring (bicyclic) bond motifs is 1. The summed E-state index contributed by atoms with van der Waals surface area (Å²) in [6.07, 6.45) is 2.21. The number of anilines is 1. The number of benzene rings is 1. The van der Waals surface area contributed by atoms with Crippen LogP contribution in [0.25, 0.3) is 21.3 Å². The van der Waals surface area contributed by atoms with E-state index in [9.17, 15) is 4.79 Å². The van der Waals surface area contributed by atoms with Crippen LogP contribution in [0.4, 0.5) is 5.82 Å². The summed E-state index contributed by atoms with van der Waals surface area (Å²) in [5.41, 5.74) is 2.15. The molecule has 2 N–H and O–H groups in total. The fourth-order valence-electron chi connectivity index (χ4n) is 2.59. The summed E-state index contributed by atoms with van der Waals surface area (Å²) in [4.78, 5) is 21.4. The van der Waals surface area contributed by atoms with E-state index in [2.05, 4.69) is 22.2 Å². The minimum atomic E-state index is -0.794. The van der Waals surface area contributed by atoms with Gasteiger partial charge in [-0.25, -0.2) is 9.97 Å². The van der Waals surface area contributed by atoms with Crippen LogP contribution >= 0.6 is 22.9 Å². The summed E-state index contributed by atoms with van der Waals surface area (Å²) in [6, 6.07) is 7.70. The number of thiophene rings is 1. The van der Waals surface area contributed by atoms with Gasteiger partial charge < -0.3 is 10.4 Å². The third kappa shape index (κ3) is 3.49. The van der Waals surface area contributed by atoms with Crippen molar-refractivity contribution in [3.63, 3.8) is 0 Å². The first-order valence-electron chi connectivity index (χ1n) is 7.52. The Kier molecular flexibility index (Phi) is 4.97. The molecule has 0 bridgehead atoms. The number of nitrogens with zero attached hydrogens (tertiary/aromatic N) is 2. The Balaban J connectivity index is 1.98. The maximum atomic E-state index is 10.6. The van der Waals surface area contributed by atoms with Gasteiger partial charge in [-0.3, -0.25) is 4.79 Å². The van der Waals surface area contributed by atoms with Crippen LogP contribution in [0.3, 0.4) is 0 Å². The van der Waals surface area contributed by atoms with Gasteiger partial charge in [0.25, 0.3) is 0 Å². The van der Waals surface area contributed by atoms with E-state index >= 15 is 0 Å². The Morgan fingerprint density at radius 2 is 2.04 bits per heavy atom. The molecule has 0 spiro atoms. The standard InChI is InChI=1S/C17H16ClN3O2S/c1-10-14(11-4-6-12(18)7-5-11)15-16(19-8-2-3-13(22)23)20-9-21-17(15)24-10/h4-7,9H,2-3,8H2,1H3,(H,22,23)(H,19,20,21). The van der Waals surface area contributed by atoms with Gasteiger partial charge in [0.05, 0.1) is 5.39 Å². The molecule has 2 heterocycles. The average molecular weight is 362 g/mol. The molecule has 0 radical (unpaired) electrons. The first-order chi connectivity index (χ1) is 11.6. The number of aromatic nitrogens is 2. The second-order valence-corrected chi connectivity index (χ2v) is 7.01. The summed E-state index contributed by atoms with van der Waals surface area (Å²) in [6.45, 7) is 2.61. The smallest absolute Gasteiger partial charge is 0.303 e. The second kappa shape index (κ2) is 7.15. The molecule has 0 saturated carbocycles. The van der Waals surface area contributed by atoms with E-state index < -0.39 is 5.97 Å². The maximum Gasteiger partial charge on any atom is 0.303 e. The Bertz CT molecular complexity index is 877. The summed E-state index contributed by atoms with van der Waals surface area (Å²) >= 11 is 7.61. The van der Waals surface area contributed by atoms with Crippen LogP contribution in [0.5, 0.6) is 0 Å². The van der Waals surface area contributed by atoms with E-state index in [1.54, 1.807) is 11.3 Å². The van der Waals surface area contributed by atoms with E-state index in [4.69, 9.17) is 16.7 Å². The first kappa shape index (κ1) is 16.7. The lowest BCUT2D eigenvalue weighted by Crippen LogP contribution is -2.06. The van der Waals surface area contributed by atoms with Crippen LogP contribution in [-0.4, -0.2) is 27.6 Å². The maximum absolute atomic E-state index is 10.6. The molecule has 124 valence electrons. The zero-order valence-corrected chi connectivity index (χ0v) is 14.6. The lowest BCUT2D eigenvalue weighted by molar-refractivity contribution is -0.137. The number of carbonyl (C=O) groups is 1. The van der Waals surface area contributed by atoms with Crippen molar-refractivity contribution < 1.29 is 9.90 Å². The van der Waals surface area contributed by atoms with E-state index in [1.165, 1.54) is 6.33 Å². The number of carboxylic acid groups (broad SMARTS) is 1. The topological polar surface area (TPSA) is 75.1 Å². The number of rotatable bonds is 6. The second-order valence-electron chi connectivity index (χ2n) is 5.37. The molecule has 0 saturated heterocycles. The zero-order chi connectivity index (χ0) is 17.1. The van der Waals surface area contributed by atoms with E-state index in [0.717, 1.165) is 32.0 Å². The molecule has 7 heteroatoms. The van der Waals surface area contributed by atoms with E-state index in [0.29, 0.717) is 18.0 Å².